The zero-order valence-electron chi connectivity index (χ0n) is 8.22. The lowest BCUT2D eigenvalue weighted by Crippen LogP contribution is -2.30. The van der Waals surface area contributed by atoms with Gasteiger partial charge in [0.1, 0.15) is 11.6 Å². The minimum absolute atomic E-state index is 0.0447. The molecule has 1 aromatic rings. The second-order valence-electron chi connectivity index (χ2n) is 2.90. The van der Waals surface area contributed by atoms with Crippen LogP contribution >= 0.6 is 0 Å². The monoisotopic (exact) mass is 197 g/mol. The minimum atomic E-state index is 0.0447. The third-order valence-corrected chi connectivity index (χ3v) is 1.83. The van der Waals surface area contributed by atoms with E-state index in [1.807, 2.05) is 4.90 Å². The van der Waals surface area contributed by atoms with Crippen LogP contribution in [0.25, 0.3) is 0 Å². The first-order valence-electron chi connectivity index (χ1n) is 4.54. The molecule has 0 fully saturated rings. The van der Waals surface area contributed by atoms with E-state index in [-0.39, 0.29) is 13.2 Å². The smallest absolute Gasteiger partial charge is 0.132 e. The van der Waals surface area contributed by atoms with Crippen molar-refractivity contribution in [2.24, 2.45) is 0 Å². The maximum absolute atomic E-state index is 8.83. The molecule has 2 N–H and O–H groups in total. The Kier molecular flexibility index (Phi) is 4.28. The maximum Gasteiger partial charge on any atom is 0.132 e. The molecule has 0 atom stereocenters. The van der Waals surface area contributed by atoms with Crippen LogP contribution in [0.15, 0.2) is 12.3 Å². The SMILES string of the molecule is Cc1nccc(N(CCO)CCO)n1. The molecule has 0 aromatic carbocycles. The zero-order chi connectivity index (χ0) is 10.4. The molecule has 0 spiro atoms. The maximum atomic E-state index is 8.83. The molecule has 1 aromatic heterocycles. The van der Waals surface area contributed by atoms with Crippen molar-refractivity contribution in [1.29, 1.82) is 0 Å². The Morgan fingerprint density at radius 1 is 1.29 bits per heavy atom. The van der Waals surface area contributed by atoms with Crippen molar-refractivity contribution in [3.63, 3.8) is 0 Å². The van der Waals surface area contributed by atoms with Crippen LogP contribution in [0, 0.1) is 6.92 Å². The molecule has 5 heteroatoms. The third kappa shape index (κ3) is 2.93. The summed E-state index contributed by atoms with van der Waals surface area (Å²) in [4.78, 5) is 10.00. The molecule has 0 saturated heterocycles. The Labute approximate surface area is 83.0 Å². The Hall–Kier alpha value is -1.20. The van der Waals surface area contributed by atoms with Gasteiger partial charge < -0.3 is 15.1 Å². The highest BCUT2D eigenvalue weighted by Crippen LogP contribution is 2.08. The van der Waals surface area contributed by atoms with Crippen LogP contribution in [0.2, 0.25) is 0 Å². The second-order valence-corrected chi connectivity index (χ2v) is 2.90. The lowest BCUT2D eigenvalue weighted by Gasteiger charge is -2.21. The Morgan fingerprint density at radius 3 is 2.43 bits per heavy atom. The largest absolute Gasteiger partial charge is 0.395 e. The molecule has 14 heavy (non-hydrogen) atoms. The van der Waals surface area contributed by atoms with Crippen molar-refractivity contribution < 1.29 is 10.2 Å². The number of hydrogen-bond donors (Lipinski definition) is 2. The van der Waals surface area contributed by atoms with E-state index in [0.717, 1.165) is 5.82 Å². The van der Waals surface area contributed by atoms with Crippen LogP contribution in [0.4, 0.5) is 5.82 Å². The van der Waals surface area contributed by atoms with Crippen LogP contribution in [-0.2, 0) is 0 Å². The number of aliphatic hydroxyl groups is 2. The lowest BCUT2D eigenvalue weighted by molar-refractivity contribution is 0.280. The van der Waals surface area contributed by atoms with Gasteiger partial charge >= 0.3 is 0 Å². The van der Waals surface area contributed by atoms with Crippen molar-refractivity contribution in [3.05, 3.63) is 18.1 Å². The first-order valence-corrected chi connectivity index (χ1v) is 4.54. The van der Waals surface area contributed by atoms with E-state index in [1.165, 1.54) is 0 Å². The standard InChI is InChI=1S/C9H15N3O2/c1-8-10-3-2-9(11-8)12(4-6-13)5-7-14/h2-3,13-14H,4-7H2,1H3. The number of aryl methyl sites for hydroxylation is 1. The van der Waals surface area contributed by atoms with E-state index >= 15 is 0 Å². The fourth-order valence-electron chi connectivity index (χ4n) is 1.20. The average molecular weight is 197 g/mol. The van der Waals surface area contributed by atoms with E-state index in [9.17, 15) is 0 Å². The lowest BCUT2D eigenvalue weighted by atomic mass is 10.4. The molecule has 5 nitrogen and oxygen atoms in total. The number of hydrogen-bond acceptors (Lipinski definition) is 5. The summed E-state index contributed by atoms with van der Waals surface area (Å²) in [5.41, 5.74) is 0. The molecule has 0 aliphatic carbocycles. The molecule has 78 valence electrons. The fourth-order valence-corrected chi connectivity index (χ4v) is 1.20. The summed E-state index contributed by atoms with van der Waals surface area (Å²) in [6, 6.07) is 1.76. The van der Waals surface area contributed by atoms with Crippen molar-refractivity contribution in [1.82, 2.24) is 9.97 Å². The molecular formula is C9H15N3O2. The molecule has 0 amide bonds. The van der Waals surface area contributed by atoms with Crippen LogP contribution < -0.4 is 4.90 Å². The van der Waals surface area contributed by atoms with Gasteiger partial charge in [0.05, 0.1) is 13.2 Å². The number of aromatic nitrogens is 2. The molecule has 0 aliphatic heterocycles. The highest BCUT2D eigenvalue weighted by Gasteiger charge is 2.06. The van der Waals surface area contributed by atoms with Gasteiger partial charge in [0.25, 0.3) is 0 Å². The summed E-state index contributed by atoms with van der Waals surface area (Å²) in [5.74, 6) is 1.42. The highest BCUT2D eigenvalue weighted by molar-refractivity contribution is 5.37. The zero-order valence-corrected chi connectivity index (χ0v) is 8.22. The van der Waals surface area contributed by atoms with Crippen LogP contribution in [0.5, 0.6) is 0 Å². The van der Waals surface area contributed by atoms with Crippen molar-refractivity contribution in [2.45, 2.75) is 6.92 Å². The molecule has 0 saturated carbocycles. The van der Waals surface area contributed by atoms with Gasteiger partial charge in [-0.25, -0.2) is 9.97 Å². The normalized spacial score (nSPS) is 10.2. The van der Waals surface area contributed by atoms with Crippen molar-refractivity contribution >= 4 is 5.82 Å². The molecule has 0 bridgehead atoms. The van der Waals surface area contributed by atoms with Crippen molar-refractivity contribution in [3.8, 4) is 0 Å². The first-order chi connectivity index (χ1) is 6.77. The van der Waals surface area contributed by atoms with Gasteiger partial charge in [0, 0.05) is 19.3 Å². The molecule has 1 rings (SSSR count). The predicted octanol–water partition coefficient (Wildman–Crippen LogP) is -0.424. The van der Waals surface area contributed by atoms with Gasteiger partial charge in [0.2, 0.25) is 0 Å². The molecule has 1 heterocycles. The predicted molar refractivity (Wildman–Crippen MR) is 53.2 cm³/mol. The van der Waals surface area contributed by atoms with E-state index in [1.54, 1.807) is 19.2 Å². The summed E-state index contributed by atoms with van der Waals surface area (Å²) < 4.78 is 0. The number of rotatable bonds is 5. The number of anilines is 1. The first kappa shape index (κ1) is 10.9. The minimum Gasteiger partial charge on any atom is -0.395 e. The Morgan fingerprint density at radius 2 is 1.93 bits per heavy atom. The second kappa shape index (κ2) is 5.51. The van der Waals surface area contributed by atoms with Crippen LogP contribution in [0.3, 0.4) is 0 Å². The average Bonchev–Trinajstić information content (AvgIpc) is 2.17. The summed E-state index contributed by atoms with van der Waals surface area (Å²) in [5, 5.41) is 17.7. The van der Waals surface area contributed by atoms with Gasteiger partial charge in [-0.3, -0.25) is 0 Å². The van der Waals surface area contributed by atoms with Crippen LogP contribution in [-0.4, -0.2) is 46.5 Å². The molecule has 0 unspecified atom stereocenters. The van der Waals surface area contributed by atoms with Gasteiger partial charge in [-0.2, -0.15) is 0 Å². The quantitative estimate of drug-likeness (QED) is 0.670. The number of aliphatic hydroxyl groups excluding tert-OH is 2. The summed E-state index contributed by atoms with van der Waals surface area (Å²) >= 11 is 0. The fraction of sp³-hybridized carbons (Fsp3) is 0.556. The molecular weight excluding hydrogens is 182 g/mol. The van der Waals surface area contributed by atoms with Gasteiger partial charge in [-0.1, -0.05) is 0 Å². The van der Waals surface area contributed by atoms with Gasteiger partial charge in [-0.15, -0.1) is 0 Å². The van der Waals surface area contributed by atoms with E-state index in [4.69, 9.17) is 10.2 Å². The number of nitrogens with zero attached hydrogens (tertiary/aromatic N) is 3. The van der Waals surface area contributed by atoms with Crippen LogP contribution in [0.1, 0.15) is 5.82 Å². The summed E-state index contributed by atoms with van der Waals surface area (Å²) in [6.07, 6.45) is 1.67. The van der Waals surface area contributed by atoms with Crippen molar-refractivity contribution in [2.75, 3.05) is 31.2 Å². The highest BCUT2D eigenvalue weighted by atomic mass is 16.3. The van der Waals surface area contributed by atoms with E-state index in [0.29, 0.717) is 18.9 Å². The molecule has 0 radical (unpaired) electrons. The Balaban J connectivity index is 2.75. The topological polar surface area (TPSA) is 69.5 Å². The van der Waals surface area contributed by atoms with E-state index in [2.05, 4.69) is 9.97 Å². The third-order valence-electron chi connectivity index (χ3n) is 1.83. The van der Waals surface area contributed by atoms with E-state index < -0.39 is 0 Å². The summed E-state index contributed by atoms with van der Waals surface area (Å²) in [6.45, 7) is 2.83. The summed E-state index contributed by atoms with van der Waals surface area (Å²) in [7, 11) is 0. The van der Waals surface area contributed by atoms with Gasteiger partial charge in [-0.05, 0) is 13.0 Å². The molecule has 0 aliphatic rings. The van der Waals surface area contributed by atoms with Gasteiger partial charge in [0.15, 0.2) is 0 Å². The Bertz CT molecular complexity index is 275.